The molecule has 1 N–H and O–H groups in total. The molecule has 1 heterocycles. The number of hydrogen-bond acceptors (Lipinski definition) is 1. The van der Waals surface area contributed by atoms with E-state index in [-0.39, 0.29) is 17.0 Å². The van der Waals surface area contributed by atoms with Crippen molar-refractivity contribution in [3.05, 3.63) is 64.1 Å². The first-order valence-electron chi connectivity index (χ1n) is 5.46. The largest absolute Gasteiger partial charge is 0.321 e. The van der Waals surface area contributed by atoms with Crippen LogP contribution in [-0.4, -0.2) is 5.84 Å². The third-order valence-electron chi connectivity index (χ3n) is 3.01. The van der Waals surface area contributed by atoms with Crippen LogP contribution in [0.3, 0.4) is 0 Å². The summed E-state index contributed by atoms with van der Waals surface area (Å²) in [7, 11) is 0. The molecule has 0 saturated carbocycles. The van der Waals surface area contributed by atoms with Crippen LogP contribution in [0.2, 0.25) is 0 Å². The van der Waals surface area contributed by atoms with Gasteiger partial charge in [0, 0.05) is 10.0 Å². The van der Waals surface area contributed by atoms with Gasteiger partial charge in [-0.2, -0.15) is 0 Å². The molecule has 0 atom stereocenters. The first-order chi connectivity index (χ1) is 8.27. The van der Waals surface area contributed by atoms with E-state index in [1.165, 1.54) is 5.56 Å². The van der Waals surface area contributed by atoms with Crippen molar-refractivity contribution in [3.63, 3.8) is 0 Å². The van der Waals surface area contributed by atoms with E-state index in [9.17, 15) is 0 Å². The number of benzene rings is 2. The lowest BCUT2D eigenvalue weighted by atomic mass is 10.1. The molecular formula is C14H12Br2N2. The van der Waals surface area contributed by atoms with Gasteiger partial charge in [0.1, 0.15) is 5.84 Å². The van der Waals surface area contributed by atoms with Gasteiger partial charge >= 0.3 is 0 Å². The van der Waals surface area contributed by atoms with Gasteiger partial charge in [0.15, 0.2) is 0 Å². The van der Waals surface area contributed by atoms with E-state index in [1.807, 2.05) is 47.4 Å². The van der Waals surface area contributed by atoms with Crippen LogP contribution in [0.1, 0.15) is 11.1 Å². The van der Waals surface area contributed by atoms with Crippen LogP contribution in [0.25, 0.3) is 0 Å². The predicted molar refractivity (Wildman–Crippen MR) is 83.9 cm³/mol. The molecule has 0 amide bonds. The minimum Gasteiger partial charge on any atom is -0.321 e. The molecule has 2 aromatic rings. The minimum absolute atomic E-state index is 0. The summed E-state index contributed by atoms with van der Waals surface area (Å²) in [5.74, 6) is 0.576. The zero-order valence-electron chi connectivity index (χ0n) is 9.56. The minimum atomic E-state index is 0. The van der Waals surface area contributed by atoms with Gasteiger partial charge < -0.3 is 4.90 Å². The quantitative estimate of drug-likeness (QED) is 0.795. The lowest BCUT2D eigenvalue weighted by Gasteiger charge is -2.19. The van der Waals surface area contributed by atoms with E-state index < -0.39 is 0 Å². The fraction of sp³-hybridized carbons (Fsp3) is 0.0714. The molecule has 2 aromatic carbocycles. The summed E-state index contributed by atoms with van der Waals surface area (Å²) >= 11 is 3.54. The van der Waals surface area contributed by atoms with E-state index >= 15 is 0 Å². The second kappa shape index (κ2) is 5.24. The van der Waals surface area contributed by atoms with Gasteiger partial charge in [0.2, 0.25) is 0 Å². The monoisotopic (exact) mass is 366 g/mol. The molecule has 0 aromatic heterocycles. The van der Waals surface area contributed by atoms with Gasteiger partial charge in [-0.3, -0.25) is 5.41 Å². The predicted octanol–water partition coefficient (Wildman–Crippen LogP) is 4.37. The first kappa shape index (κ1) is 13.3. The van der Waals surface area contributed by atoms with Crippen molar-refractivity contribution < 1.29 is 0 Å². The zero-order valence-corrected chi connectivity index (χ0v) is 12.9. The van der Waals surface area contributed by atoms with Crippen molar-refractivity contribution >= 4 is 44.4 Å². The molecule has 0 spiro atoms. The Bertz CT molecular complexity index is 596. The summed E-state index contributed by atoms with van der Waals surface area (Å²) in [4.78, 5) is 2.02. The second-order valence-corrected chi connectivity index (χ2v) is 4.90. The lowest BCUT2D eigenvalue weighted by Crippen LogP contribution is -2.23. The van der Waals surface area contributed by atoms with E-state index in [4.69, 9.17) is 5.41 Å². The fourth-order valence-corrected chi connectivity index (χ4v) is 2.66. The Morgan fingerprint density at radius 3 is 2.39 bits per heavy atom. The smallest absolute Gasteiger partial charge is 0.133 e. The van der Waals surface area contributed by atoms with Crippen molar-refractivity contribution in [1.82, 2.24) is 0 Å². The van der Waals surface area contributed by atoms with Gasteiger partial charge in [-0.1, -0.05) is 36.4 Å². The van der Waals surface area contributed by atoms with Crippen LogP contribution in [0.5, 0.6) is 0 Å². The Hall–Kier alpha value is -1.13. The summed E-state index contributed by atoms with van der Waals surface area (Å²) in [5, 5.41) is 8.23. The molecule has 1 aliphatic heterocycles. The maximum absolute atomic E-state index is 8.23. The summed E-state index contributed by atoms with van der Waals surface area (Å²) in [5.41, 5.74) is 3.30. The normalized spacial score (nSPS) is 13.2. The highest BCUT2D eigenvalue weighted by Crippen LogP contribution is 2.32. The van der Waals surface area contributed by atoms with Gasteiger partial charge in [-0.25, -0.2) is 0 Å². The molecular weight excluding hydrogens is 356 g/mol. The Morgan fingerprint density at radius 2 is 1.67 bits per heavy atom. The highest BCUT2D eigenvalue weighted by molar-refractivity contribution is 9.10. The maximum atomic E-state index is 8.23. The van der Waals surface area contributed by atoms with Gasteiger partial charge in [0.25, 0.3) is 0 Å². The fourth-order valence-electron chi connectivity index (χ4n) is 2.16. The Kier molecular flexibility index (Phi) is 3.88. The van der Waals surface area contributed by atoms with E-state index in [1.54, 1.807) is 0 Å². The van der Waals surface area contributed by atoms with Crippen LogP contribution in [0.15, 0.2) is 53.0 Å². The molecule has 0 saturated heterocycles. The lowest BCUT2D eigenvalue weighted by molar-refractivity contribution is 1.04. The first-order valence-corrected chi connectivity index (χ1v) is 6.25. The molecule has 92 valence electrons. The van der Waals surface area contributed by atoms with Crippen molar-refractivity contribution in [3.8, 4) is 0 Å². The highest BCUT2D eigenvalue weighted by atomic mass is 79.9. The third kappa shape index (κ3) is 2.10. The number of fused-ring (bicyclic) bond motifs is 1. The van der Waals surface area contributed by atoms with Crippen LogP contribution in [0, 0.1) is 5.41 Å². The number of halogens is 2. The van der Waals surface area contributed by atoms with E-state index in [0.717, 1.165) is 22.3 Å². The number of nitrogens with one attached hydrogen (secondary N) is 1. The third-order valence-corrected chi connectivity index (χ3v) is 3.68. The van der Waals surface area contributed by atoms with Crippen LogP contribution in [-0.2, 0) is 6.54 Å². The maximum Gasteiger partial charge on any atom is 0.133 e. The molecule has 0 radical (unpaired) electrons. The van der Waals surface area contributed by atoms with Crippen molar-refractivity contribution in [2.24, 2.45) is 0 Å². The number of nitrogens with zero attached hydrogens (tertiary/aromatic N) is 1. The number of amidine groups is 1. The van der Waals surface area contributed by atoms with Gasteiger partial charge in [0.05, 0.1) is 12.2 Å². The zero-order chi connectivity index (χ0) is 11.8. The van der Waals surface area contributed by atoms with E-state index in [2.05, 4.69) is 22.0 Å². The molecule has 18 heavy (non-hydrogen) atoms. The average molecular weight is 368 g/mol. The molecule has 0 aliphatic carbocycles. The van der Waals surface area contributed by atoms with E-state index in [0.29, 0.717) is 5.84 Å². The number of hydrogen-bond donors (Lipinski definition) is 1. The second-order valence-electron chi connectivity index (χ2n) is 4.04. The molecule has 1 aliphatic rings. The molecule has 0 unspecified atom stereocenters. The van der Waals surface area contributed by atoms with Crippen molar-refractivity contribution in [2.45, 2.75) is 6.54 Å². The molecule has 0 fully saturated rings. The Labute approximate surface area is 125 Å². The molecule has 0 bridgehead atoms. The number of rotatable bonds is 1. The average Bonchev–Trinajstić information content (AvgIpc) is 2.68. The summed E-state index contributed by atoms with van der Waals surface area (Å²) < 4.78 is 1.03. The van der Waals surface area contributed by atoms with Gasteiger partial charge in [-0.15, -0.1) is 17.0 Å². The summed E-state index contributed by atoms with van der Waals surface area (Å²) in [6.45, 7) is 0.775. The van der Waals surface area contributed by atoms with Crippen LogP contribution < -0.4 is 4.90 Å². The summed E-state index contributed by atoms with van der Waals surface area (Å²) in [6.07, 6.45) is 0. The van der Waals surface area contributed by atoms with Crippen molar-refractivity contribution in [2.75, 3.05) is 4.90 Å². The SMILES string of the molecule is Br.N=C1c2ccccc2CN1c1ccccc1Br. The Morgan fingerprint density at radius 1 is 1.00 bits per heavy atom. The van der Waals surface area contributed by atoms with Crippen molar-refractivity contribution in [1.29, 1.82) is 5.41 Å². The molecule has 3 rings (SSSR count). The number of para-hydroxylation sites is 1. The molecule has 2 nitrogen and oxygen atoms in total. The topological polar surface area (TPSA) is 27.1 Å². The van der Waals surface area contributed by atoms with Crippen LogP contribution in [0.4, 0.5) is 5.69 Å². The van der Waals surface area contributed by atoms with Crippen LogP contribution >= 0.6 is 32.9 Å². The molecule has 4 heteroatoms. The standard InChI is InChI=1S/C14H11BrN2.BrH/c15-12-7-3-4-8-13(12)17-9-10-5-1-2-6-11(10)14(17)16;/h1-8,16H,9H2;1H. The summed E-state index contributed by atoms with van der Waals surface area (Å²) in [6, 6.07) is 16.1. The Balaban J connectivity index is 0.00000120. The number of anilines is 1. The highest BCUT2D eigenvalue weighted by Gasteiger charge is 2.25. The van der Waals surface area contributed by atoms with Gasteiger partial charge in [-0.05, 0) is 33.6 Å².